The van der Waals surface area contributed by atoms with Gasteiger partial charge in [-0.05, 0) is 24.3 Å². The van der Waals surface area contributed by atoms with Crippen molar-refractivity contribution in [1.29, 1.82) is 0 Å². The minimum absolute atomic E-state index is 0.705. The maximum atomic E-state index is 5.47. The van der Waals surface area contributed by atoms with Gasteiger partial charge < -0.3 is 14.8 Å². The zero-order valence-corrected chi connectivity index (χ0v) is 12.1. The van der Waals surface area contributed by atoms with Crippen LogP contribution in [0.5, 0.6) is 0 Å². The van der Waals surface area contributed by atoms with Crippen LogP contribution in [0.1, 0.15) is 24.6 Å². The van der Waals surface area contributed by atoms with E-state index < -0.39 is 0 Å². The van der Waals surface area contributed by atoms with Gasteiger partial charge in [-0.2, -0.15) is 0 Å². The Bertz CT molecular complexity index is 265. The molecule has 1 rings (SSSR count). The fourth-order valence-electron chi connectivity index (χ4n) is 1.50. The van der Waals surface area contributed by atoms with Crippen LogP contribution in [0.4, 0.5) is 0 Å². The molecule has 0 atom stereocenters. The predicted octanol–water partition coefficient (Wildman–Crippen LogP) is 2.71. The number of unbranched alkanes of at least 4 members (excludes halogenated alkanes) is 1. The van der Waals surface area contributed by atoms with Crippen LogP contribution in [0, 0.1) is 0 Å². The lowest BCUT2D eigenvalue weighted by atomic mass is 10.3. The van der Waals surface area contributed by atoms with E-state index in [-0.39, 0.29) is 0 Å². The molecule has 104 valence electrons. The van der Waals surface area contributed by atoms with E-state index in [4.69, 9.17) is 9.47 Å². The third kappa shape index (κ3) is 8.64. The summed E-state index contributed by atoms with van der Waals surface area (Å²) in [7, 11) is 0. The summed E-state index contributed by atoms with van der Waals surface area (Å²) in [5.74, 6) is 0. The number of hydrogen-bond donors (Lipinski definition) is 1. The number of rotatable bonds is 12. The van der Waals surface area contributed by atoms with Gasteiger partial charge in [0.1, 0.15) is 0 Å². The van der Waals surface area contributed by atoms with Crippen LogP contribution in [0.2, 0.25) is 0 Å². The molecule has 3 nitrogen and oxygen atoms in total. The van der Waals surface area contributed by atoms with Gasteiger partial charge in [0, 0.05) is 24.6 Å². The van der Waals surface area contributed by atoms with Crippen molar-refractivity contribution in [3.8, 4) is 0 Å². The fraction of sp³-hybridized carbons (Fsp3) is 0.714. The zero-order chi connectivity index (χ0) is 12.9. The van der Waals surface area contributed by atoms with Gasteiger partial charge in [0.25, 0.3) is 0 Å². The van der Waals surface area contributed by atoms with E-state index in [1.54, 1.807) is 0 Å². The lowest BCUT2D eigenvalue weighted by Gasteiger charge is -2.06. The van der Waals surface area contributed by atoms with E-state index in [1.807, 2.05) is 11.3 Å². The van der Waals surface area contributed by atoms with Crippen LogP contribution >= 0.6 is 11.3 Å². The van der Waals surface area contributed by atoms with Crippen molar-refractivity contribution in [1.82, 2.24) is 5.32 Å². The highest BCUT2D eigenvalue weighted by molar-refractivity contribution is 7.09. The van der Waals surface area contributed by atoms with Gasteiger partial charge >= 0.3 is 0 Å². The minimum Gasteiger partial charge on any atom is -0.379 e. The van der Waals surface area contributed by atoms with Crippen LogP contribution in [0.25, 0.3) is 0 Å². The van der Waals surface area contributed by atoms with Gasteiger partial charge in [-0.15, -0.1) is 11.3 Å². The molecule has 1 aromatic heterocycles. The molecule has 0 aromatic carbocycles. The number of hydrogen-bond acceptors (Lipinski definition) is 4. The van der Waals surface area contributed by atoms with E-state index in [9.17, 15) is 0 Å². The lowest BCUT2D eigenvalue weighted by Crippen LogP contribution is -2.22. The van der Waals surface area contributed by atoms with Crippen molar-refractivity contribution < 1.29 is 9.47 Å². The van der Waals surface area contributed by atoms with Crippen molar-refractivity contribution in [2.45, 2.75) is 26.2 Å². The second kappa shape index (κ2) is 11.7. The van der Waals surface area contributed by atoms with Crippen molar-refractivity contribution in [3.05, 3.63) is 22.4 Å². The zero-order valence-electron chi connectivity index (χ0n) is 11.3. The Hall–Kier alpha value is -0.420. The van der Waals surface area contributed by atoms with Crippen LogP contribution < -0.4 is 5.32 Å². The van der Waals surface area contributed by atoms with Crippen LogP contribution in [0.3, 0.4) is 0 Å². The van der Waals surface area contributed by atoms with Crippen LogP contribution in [-0.2, 0) is 15.9 Å². The van der Waals surface area contributed by atoms with Crippen molar-refractivity contribution in [3.63, 3.8) is 0 Å². The summed E-state index contributed by atoms with van der Waals surface area (Å²) in [4.78, 5) is 1.44. The summed E-state index contributed by atoms with van der Waals surface area (Å²) in [6.07, 6.45) is 3.44. The molecule has 1 heterocycles. The first kappa shape index (κ1) is 15.6. The highest BCUT2D eigenvalue weighted by Gasteiger charge is 1.93. The summed E-state index contributed by atoms with van der Waals surface area (Å²) in [6, 6.07) is 4.28. The second-order valence-corrected chi connectivity index (χ2v) is 5.19. The molecule has 0 bridgehead atoms. The highest BCUT2D eigenvalue weighted by atomic mass is 32.1. The van der Waals surface area contributed by atoms with E-state index in [0.29, 0.717) is 6.61 Å². The van der Waals surface area contributed by atoms with Gasteiger partial charge in [0.15, 0.2) is 0 Å². The third-order valence-electron chi connectivity index (χ3n) is 2.57. The molecular formula is C14H25NO2S. The van der Waals surface area contributed by atoms with Gasteiger partial charge in [0.2, 0.25) is 0 Å². The average Bonchev–Trinajstić information content (AvgIpc) is 2.89. The average molecular weight is 271 g/mol. The molecule has 0 unspecified atom stereocenters. The minimum atomic E-state index is 0.705. The maximum Gasteiger partial charge on any atom is 0.0701 e. The smallest absolute Gasteiger partial charge is 0.0701 e. The van der Waals surface area contributed by atoms with Crippen molar-refractivity contribution in [2.24, 2.45) is 0 Å². The van der Waals surface area contributed by atoms with E-state index in [2.05, 4.69) is 29.8 Å². The Labute approximate surface area is 114 Å². The number of thiophene rings is 1. The predicted molar refractivity (Wildman–Crippen MR) is 77.4 cm³/mol. The molecule has 0 fully saturated rings. The molecule has 0 aliphatic rings. The second-order valence-electron chi connectivity index (χ2n) is 4.16. The molecule has 0 amide bonds. The van der Waals surface area contributed by atoms with Gasteiger partial charge in [-0.1, -0.05) is 19.4 Å². The fourth-order valence-corrected chi connectivity index (χ4v) is 2.21. The third-order valence-corrected chi connectivity index (χ3v) is 3.50. The Morgan fingerprint density at radius 1 is 1.11 bits per heavy atom. The molecule has 1 N–H and O–H groups in total. The molecule has 0 saturated heterocycles. The number of ether oxygens (including phenoxy) is 2. The van der Waals surface area contributed by atoms with Gasteiger partial charge in [-0.25, -0.2) is 0 Å². The molecule has 0 spiro atoms. The van der Waals surface area contributed by atoms with E-state index in [0.717, 1.165) is 45.8 Å². The quantitative estimate of drug-likeness (QED) is 0.593. The molecule has 1 aromatic rings. The highest BCUT2D eigenvalue weighted by Crippen LogP contribution is 2.07. The van der Waals surface area contributed by atoms with Crippen molar-refractivity contribution in [2.75, 3.05) is 39.5 Å². The summed E-state index contributed by atoms with van der Waals surface area (Å²) in [5.41, 5.74) is 0. The van der Waals surface area contributed by atoms with Crippen molar-refractivity contribution >= 4 is 11.3 Å². The maximum absolute atomic E-state index is 5.47. The first-order valence-corrected chi connectivity index (χ1v) is 7.70. The molecule has 18 heavy (non-hydrogen) atoms. The monoisotopic (exact) mass is 271 g/mol. The Morgan fingerprint density at radius 3 is 2.67 bits per heavy atom. The Morgan fingerprint density at radius 2 is 1.94 bits per heavy atom. The molecule has 4 heteroatoms. The standard InChI is InChI=1S/C14H25NO2S/c1-2-3-9-16-11-12-17-10-8-15-7-6-14-5-4-13-18-14/h4-5,13,15H,2-3,6-12H2,1H3. The SMILES string of the molecule is CCCCOCCOCCNCCc1cccs1. The molecule has 0 aliphatic heterocycles. The van der Waals surface area contributed by atoms with Gasteiger partial charge in [0.05, 0.1) is 19.8 Å². The molecule has 0 aliphatic carbocycles. The first-order chi connectivity index (χ1) is 8.93. The summed E-state index contributed by atoms with van der Waals surface area (Å²) < 4.78 is 10.9. The van der Waals surface area contributed by atoms with Crippen LogP contribution in [-0.4, -0.2) is 39.5 Å². The lowest BCUT2D eigenvalue weighted by molar-refractivity contribution is 0.0478. The normalized spacial score (nSPS) is 10.9. The summed E-state index contributed by atoms with van der Waals surface area (Å²) in [5, 5.41) is 5.50. The summed E-state index contributed by atoms with van der Waals surface area (Å²) in [6.45, 7) is 7.16. The Kier molecular flexibility index (Phi) is 10.1. The Balaban J connectivity index is 1.73. The van der Waals surface area contributed by atoms with E-state index in [1.165, 1.54) is 11.3 Å². The van der Waals surface area contributed by atoms with Gasteiger partial charge in [-0.3, -0.25) is 0 Å². The molecular weight excluding hydrogens is 246 g/mol. The largest absolute Gasteiger partial charge is 0.379 e. The topological polar surface area (TPSA) is 30.5 Å². The first-order valence-electron chi connectivity index (χ1n) is 6.82. The molecule has 0 saturated carbocycles. The van der Waals surface area contributed by atoms with E-state index >= 15 is 0 Å². The summed E-state index contributed by atoms with van der Waals surface area (Å²) >= 11 is 1.82. The van der Waals surface area contributed by atoms with Crippen LogP contribution in [0.15, 0.2) is 17.5 Å². The molecule has 0 radical (unpaired) electrons. The number of nitrogens with one attached hydrogen (secondary N) is 1.